The number of sulfone groups is 1. The van der Waals surface area contributed by atoms with E-state index in [1.54, 1.807) is 12.3 Å². The van der Waals surface area contributed by atoms with E-state index in [1.165, 1.54) is 74.4 Å². The molecular weight excluding hydrogens is 757 g/mol. The molecule has 7 aliphatic rings. The third-order valence-corrected chi connectivity index (χ3v) is 20.3. The molecule has 1 aromatic rings. The van der Waals surface area contributed by atoms with Crippen molar-refractivity contribution in [2.24, 2.45) is 56.7 Å². The Morgan fingerprint density at radius 2 is 1.73 bits per heavy atom. The minimum Gasteiger partial charge on any atom is -0.476 e. The number of esters is 1. The van der Waals surface area contributed by atoms with Gasteiger partial charge in [0.2, 0.25) is 5.88 Å². The van der Waals surface area contributed by atoms with Crippen molar-refractivity contribution in [3.63, 3.8) is 0 Å². The van der Waals surface area contributed by atoms with Crippen molar-refractivity contribution in [1.82, 2.24) is 20.2 Å². The summed E-state index contributed by atoms with van der Waals surface area (Å²) in [6, 6.07) is 1.74. The van der Waals surface area contributed by atoms with Crippen LogP contribution >= 0.6 is 0 Å². The van der Waals surface area contributed by atoms with Crippen molar-refractivity contribution in [3.8, 4) is 5.88 Å². The number of carbonyl (C=O) groups excluding carboxylic acids is 1. The van der Waals surface area contributed by atoms with E-state index >= 15 is 0 Å². The van der Waals surface area contributed by atoms with E-state index in [1.807, 2.05) is 6.92 Å². The molecule has 6 aliphatic carbocycles. The van der Waals surface area contributed by atoms with Crippen LogP contribution in [-0.4, -0.2) is 85.7 Å². The predicted molar refractivity (Wildman–Crippen MR) is 234 cm³/mol. The standard InChI is InChI=1S/C49H74N4O5S/c1-9-57-43(54)48(32-58-41-17-25-50-33-51-41)20-12-35(13-21-48)37-15-18-45(6)39(44(37,4)5)16-19-47(8)40(45)11-10-38-42-36(34(2)3)14-22-49(42,24-23-46(38,47)7)52-26-27-53-28-30-59(55,56)31-29-53/h12,15,17,25,33,36,38-40,42,52H,2,9-11,13-14,16,18-24,26-32H2,1,3-8H3/t36-,38-,39?,40?,42?,45-,46+,47+,48-,49-/m0/s1. The van der Waals surface area contributed by atoms with Gasteiger partial charge >= 0.3 is 5.97 Å². The molecule has 1 saturated heterocycles. The van der Waals surface area contributed by atoms with Crippen LogP contribution in [0.15, 0.2) is 54.0 Å². The molecule has 0 amide bonds. The van der Waals surface area contributed by atoms with Gasteiger partial charge in [0.25, 0.3) is 0 Å². The van der Waals surface area contributed by atoms with E-state index in [9.17, 15) is 13.2 Å². The number of carbonyl (C=O) groups is 1. The second-order valence-corrected chi connectivity index (χ2v) is 23.9. The summed E-state index contributed by atoms with van der Waals surface area (Å²) in [5, 5.41) is 4.23. The van der Waals surface area contributed by atoms with Crippen molar-refractivity contribution in [2.75, 3.05) is 50.9 Å². The van der Waals surface area contributed by atoms with Gasteiger partial charge < -0.3 is 19.7 Å². The Hall–Kier alpha value is -2.56. The zero-order chi connectivity index (χ0) is 42.1. The van der Waals surface area contributed by atoms with Crippen LogP contribution in [0.5, 0.6) is 5.88 Å². The van der Waals surface area contributed by atoms with Crippen LogP contribution in [0.25, 0.3) is 0 Å². The number of fused-ring (bicyclic) bond motifs is 7. The van der Waals surface area contributed by atoms with E-state index in [4.69, 9.17) is 9.47 Å². The van der Waals surface area contributed by atoms with Gasteiger partial charge in [-0.2, -0.15) is 0 Å². The molecule has 3 unspecified atom stereocenters. The number of hydrogen-bond acceptors (Lipinski definition) is 9. The molecule has 1 N–H and O–H groups in total. The number of hydrogen-bond donors (Lipinski definition) is 1. The normalized spacial score (nSPS) is 41.2. The molecule has 1 aliphatic heterocycles. The number of aromatic nitrogens is 2. The third kappa shape index (κ3) is 7.19. The molecule has 10 heteroatoms. The molecule has 0 radical (unpaired) electrons. The summed E-state index contributed by atoms with van der Waals surface area (Å²) in [6.07, 6.45) is 21.5. The first-order valence-corrected chi connectivity index (χ1v) is 25.1. The second kappa shape index (κ2) is 15.7. The van der Waals surface area contributed by atoms with Gasteiger partial charge in [-0.1, -0.05) is 58.9 Å². The fourth-order valence-electron chi connectivity index (χ4n) is 15.4. The van der Waals surface area contributed by atoms with Crippen LogP contribution < -0.4 is 10.1 Å². The van der Waals surface area contributed by atoms with Crippen LogP contribution in [0.4, 0.5) is 0 Å². The zero-order valence-electron chi connectivity index (χ0n) is 37.4. The van der Waals surface area contributed by atoms with Crippen molar-refractivity contribution in [2.45, 2.75) is 131 Å². The van der Waals surface area contributed by atoms with E-state index < -0.39 is 15.3 Å². The maximum atomic E-state index is 13.5. The Kier molecular flexibility index (Phi) is 11.4. The van der Waals surface area contributed by atoms with Crippen molar-refractivity contribution < 1.29 is 22.7 Å². The van der Waals surface area contributed by atoms with Crippen LogP contribution in [-0.2, 0) is 19.4 Å². The largest absolute Gasteiger partial charge is 0.476 e. The Morgan fingerprint density at radius 1 is 0.949 bits per heavy atom. The van der Waals surface area contributed by atoms with Crippen LogP contribution in [0.3, 0.4) is 0 Å². The Bertz CT molecular complexity index is 1930. The van der Waals surface area contributed by atoms with Gasteiger partial charge in [0.05, 0.1) is 18.1 Å². The molecule has 0 aromatic carbocycles. The van der Waals surface area contributed by atoms with Gasteiger partial charge in [-0.3, -0.25) is 4.79 Å². The topological polar surface area (TPSA) is 111 Å². The summed E-state index contributed by atoms with van der Waals surface area (Å²) in [6.45, 7) is 25.8. The fourth-order valence-corrected chi connectivity index (χ4v) is 16.7. The van der Waals surface area contributed by atoms with Gasteiger partial charge in [-0.05, 0) is 153 Å². The molecule has 9 nitrogen and oxygen atoms in total. The van der Waals surface area contributed by atoms with Crippen LogP contribution in [0.1, 0.15) is 126 Å². The zero-order valence-corrected chi connectivity index (χ0v) is 38.2. The smallest absolute Gasteiger partial charge is 0.315 e. The van der Waals surface area contributed by atoms with Gasteiger partial charge in [-0.15, -0.1) is 0 Å². The predicted octanol–water partition coefficient (Wildman–Crippen LogP) is 8.78. The monoisotopic (exact) mass is 831 g/mol. The summed E-state index contributed by atoms with van der Waals surface area (Å²) >= 11 is 0. The maximum absolute atomic E-state index is 13.5. The summed E-state index contributed by atoms with van der Waals surface area (Å²) in [4.78, 5) is 24.1. The number of nitrogens with zero attached hydrogens (tertiary/aromatic N) is 3. The van der Waals surface area contributed by atoms with Crippen molar-refractivity contribution in [1.29, 1.82) is 0 Å². The van der Waals surface area contributed by atoms with Crippen LogP contribution in [0.2, 0.25) is 0 Å². The van der Waals surface area contributed by atoms with Gasteiger partial charge in [0.1, 0.15) is 18.3 Å². The first kappa shape index (κ1) is 43.1. The molecule has 326 valence electrons. The average Bonchev–Trinajstić information content (AvgIpc) is 3.59. The van der Waals surface area contributed by atoms with Gasteiger partial charge in [0, 0.05) is 44.0 Å². The van der Waals surface area contributed by atoms with E-state index in [-0.39, 0.29) is 39.8 Å². The Morgan fingerprint density at radius 3 is 2.41 bits per heavy atom. The highest BCUT2D eigenvalue weighted by Gasteiger charge is 2.70. The lowest BCUT2D eigenvalue weighted by Crippen LogP contribution is -2.68. The fraction of sp³-hybridized carbons (Fsp3) is 0.776. The molecule has 8 rings (SSSR count). The van der Waals surface area contributed by atoms with Gasteiger partial charge in [0.15, 0.2) is 9.84 Å². The Labute approximate surface area is 356 Å². The van der Waals surface area contributed by atoms with E-state index in [0.717, 1.165) is 25.9 Å². The molecule has 59 heavy (non-hydrogen) atoms. The molecule has 0 spiro atoms. The first-order valence-electron chi connectivity index (χ1n) is 23.2. The highest BCUT2D eigenvalue weighted by Crippen LogP contribution is 2.76. The quantitative estimate of drug-likeness (QED) is 0.173. The lowest BCUT2D eigenvalue weighted by atomic mass is 9.33. The summed E-state index contributed by atoms with van der Waals surface area (Å²) < 4.78 is 36.0. The van der Waals surface area contributed by atoms with Crippen LogP contribution in [0, 0.1) is 56.7 Å². The Balaban J connectivity index is 1.01. The highest BCUT2D eigenvalue weighted by molar-refractivity contribution is 7.91. The molecule has 5 fully saturated rings. The number of nitrogens with one attached hydrogen (secondary N) is 1. The van der Waals surface area contributed by atoms with Gasteiger partial charge in [-0.25, -0.2) is 18.4 Å². The molecule has 1 aromatic heterocycles. The third-order valence-electron chi connectivity index (χ3n) is 18.7. The highest BCUT2D eigenvalue weighted by atomic mass is 32.2. The molecule has 2 heterocycles. The SMILES string of the molecule is C=C(C)[C@@H]1CC[C@]2(NCCN3CCS(=O)(=O)CC3)CC[C@]3(C)[C@@H](CCC4[C@@]5(C)CC=C(C6=CC[C@](COc7ccncn7)(C(=O)OCC)CC6)C(C)(C)C5CC[C@]43C)C12. The number of allylic oxidation sites excluding steroid dienone is 5. The molecule has 0 bridgehead atoms. The second-order valence-electron chi connectivity index (χ2n) is 21.6. The summed E-state index contributed by atoms with van der Waals surface area (Å²) in [5.41, 5.74) is 4.49. The average molecular weight is 831 g/mol. The molecule has 10 atom stereocenters. The lowest BCUT2D eigenvalue weighted by Gasteiger charge is -2.72. The number of ether oxygens (including phenoxy) is 2. The van der Waals surface area contributed by atoms with Crippen molar-refractivity contribution >= 4 is 15.8 Å². The molecular formula is C49H74N4O5S. The van der Waals surface area contributed by atoms with E-state index in [0.29, 0.717) is 79.5 Å². The summed E-state index contributed by atoms with van der Waals surface area (Å²) in [7, 11) is -2.87. The summed E-state index contributed by atoms with van der Waals surface area (Å²) in [5.74, 6) is 3.99. The van der Waals surface area contributed by atoms with Crippen molar-refractivity contribution in [3.05, 3.63) is 54.0 Å². The van der Waals surface area contributed by atoms with E-state index in [2.05, 4.69) is 80.5 Å². The first-order chi connectivity index (χ1) is 27.9. The minimum atomic E-state index is -2.87. The lowest BCUT2D eigenvalue weighted by molar-refractivity contribution is -0.221. The maximum Gasteiger partial charge on any atom is 0.315 e. The minimum absolute atomic E-state index is 0.0278. The number of rotatable bonds is 11. The molecule has 4 saturated carbocycles.